The minimum atomic E-state index is -2.61. The van der Waals surface area contributed by atoms with Crippen LogP contribution in [0, 0.1) is 0 Å². The predicted octanol–water partition coefficient (Wildman–Crippen LogP) is 10.4. The third-order valence-electron chi connectivity index (χ3n) is 12.3. The Morgan fingerprint density at radius 2 is 0.831 bits per heavy atom. The Morgan fingerprint density at radius 3 is 1.10 bits per heavy atom. The second-order valence-corrected chi connectivity index (χ2v) is 18.0. The Bertz CT molecular complexity index is 2220. The molecule has 0 aliphatic heterocycles. The van der Waals surface area contributed by atoms with Gasteiger partial charge in [-0.25, -0.2) is 27.2 Å². The summed E-state index contributed by atoms with van der Waals surface area (Å²) >= 11 is 0. The van der Waals surface area contributed by atoms with Gasteiger partial charge < -0.3 is 15.3 Å². The number of benzene rings is 4. The molecular weight excluding hydrogens is 751 g/mol. The van der Waals surface area contributed by atoms with Gasteiger partial charge in [-0.15, -0.1) is 0 Å². The largest absolute Gasteiger partial charge is 1.00 e. The van der Waals surface area contributed by atoms with E-state index in [1.807, 2.05) is 12.1 Å². The Hall–Kier alpha value is -4.42. The molecule has 0 radical (unpaired) electrons. The van der Waals surface area contributed by atoms with E-state index in [0.717, 1.165) is 47.9 Å². The Balaban J connectivity index is 0.000000305. The van der Waals surface area contributed by atoms with Crippen molar-refractivity contribution < 1.29 is 61.3 Å². The van der Waals surface area contributed by atoms with Gasteiger partial charge in [-0.2, -0.15) is 0 Å². The number of hydrogen-bond donors (Lipinski definition) is 1. The molecule has 2 aliphatic rings. The molecule has 0 unspecified atom stereocenters. The zero-order valence-corrected chi connectivity index (χ0v) is 36.0. The molecule has 0 saturated heterocycles. The van der Waals surface area contributed by atoms with Crippen molar-refractivity contribution in [2.45, 2.75) is 116 Å². The number of alkyl halides is 4. The molecule has 5 nitrogen and oxygen atoms in total. The number of carbonyl (C=O) groups is 2. The molecule has 4 aromatic carbocycles. The molecule has 0 heterocycles. The van der Waals surface area contributed by atoms with Crippen LogP contribution in [0.1, 0.15) is 170 Å². The standard InChI is InChI=1S/C25H28F2O2.C24H26F2O2.Li.H2O/c1-15(16-7-9-17(10-8-16)23(28)29-6)18-13-20-21(14-19(18)22(26)27)25(4,5)12-11-24(20,2)3;1-14(15-6-8-16(9-7-15)22(27)28)17-12-19-20(13-18(17)21(25)26)24(4,5)11-10-23(19,2)3;;/h7-10,13-14,22H,1,11-12H2,2-6H3;6-9,12-13,21H,1,10-11H2,2-5H3,(H,27,28);;1H2/q;;+1;/p-1. The molecule has 0 amide bonds. The smallest absolute Gasteiger partial charge is 0.870 e. The molecule has 2 N–H and O–H groups in total. The second-order valence-electron chi connectivity index (χ2n) is 18.0. The molecule has 10 heteroatoms. The molecule has 0 aromatic heterocycles. The Labute approximate surface area is 358 Å². The third-order valence-corrected chi connectivity index (χ3v) is 12.3. The molecule has 6 rings (SSSR count). The molecule has 59 heavy (non-hydrogen) atoms. The average Bonchev–Trinajstić information content (AvgIpc) is 3.17. The maximum Gasteiger partial charge on any atom is 1.00 e. The summed E-state index contributed by atoms with van der Waals surface area (Å²) in [5.41, 5.74) is 7.50. The van der Waals surface area contributed by atoms with Crippen molar-refractivity contribution in [2.75, 3.05) is 7.11 Å². The van der Waals surface area contributed by atoms with E-state index in [4.69, 9.17) is 9.84 Å². The topological polar surface area (TPSA) is 93.6 Å². The van der Waals surface area contributed by atoms with Crippen LogP contribution in [0.25, 0.3) is 11.1 Å². The number of esters is 1. The average molecular weight is 807 g/mol. The van der Waals surface area contributed by atoms with Crippen LogP contribution >= 0.6 is 0 Å². The summed E-state index contributed by atoms with van der Waals surface area (Å²) < 4.78 is 60.7. The predicted molar refractivity (Wildman–Crippen MR) is 223 cm³/mol. The number of hydrogen-bond acceptors (Lipinski definition) is 4. The number of carboxylic acid groups (broad SMARTS) is 1. The molecule has 0 saturated carbocycles. The van der Waals surface area contributed by atoms with Crippen LogP contribution in [-0.4, -0.2) is 29.6 Å². The minimum Gasteiger partial charge on any atom is -0.870 e. The van der Waals surface area contributed by atoms with Crippen LogP contribution < -0.4 is 18.9 Å². The van der Waals surface area contributed by atoms with E-state index in [9.17, 15) is 27.2 Å². The molecule has 2 aliphatic carbocycles. The van der Waals surface area contributed by atoms with E-state index < -0.39 is 24.8 Å². The molecular formula is C49H55F4LiO5. The summed E-state index contributed by atoms with van der Waals surface area (Å²) in [5, 5.41) is 9.07. The SMILES string of the molecule is C=C(c1ccc(C(=O)O)cc1)c1cc2c(cc1C(F)F)C(C)(C)CCC2(C)C.C=C(c1ccc(C(=O)OC)cc1)c1cc2c(cc1C(F)F)C(C)(C)CCC2(C)C.[Li+].[OH-]. The fourth-order valence-corrected chi connectivity index (χ4v) is 8.20. The van der Waals surface area contributed by atoms with Crippen LogP contribution in [-0.2, 0) is 26.4 Å². The maximum atomic E-state index is 14.0. The van der Waals surface area contributed by atoms with Gasteiger partial charge in [0.05, 0.1) is 18.2 Å². The minimum absolute atomic E-state index is 0. The van der Waals surface area contributed by atoms with Gasteiger partial charge in [0.2, 0.25) is 0 Å². The summed E-state index contributed by atoms with van der Waals surface area (Å²) in [5.74, 6) is -1.46. The number of carboxylic acids is 1. The number of methoxy groups -OCH3 is 1. The fraction of sp³-hybridized carbons (Fsp3) is 0.388. The van der Waals surface area contributed by atoms with Crippen LogP contribution in [0.3, 0.4) is 0 Å². The zero-order valence-electron chi connectivity index (χ0n) is 36.0. The first kappa shape index (κ1) is 48.9. The van der Waals surface area contributed by atoms with Gasteiger partial charge >= 0.3 is 30.8 Å². The van der Waals surface area contributed by atoms with Gasteiger partial charge in [0.1, 0.15) is 0 Å². The number of ether oxygens (including phenoxy) is 1. The first-order valence-corrected chi connectivity index (χ1v) is 19.3. The monoisotopic (exact) mass is 806 g/mol. The molecule has 0 bridgehead atoms. The number of halogens is 4. The van der Waals surface area contributed by atoms with Crippen molar-refractivity contribution >= 4 is 23.1 Å². The number of carbonyl (C=O) groups excluding carboxylic acids is 1. The van der Waals surface area contributed by atoms with Crippen LogP contribution in [0.4, 0.5) is 17.6 Å². The number of aromatic carboxylic acids is 1. The van der Waals surface area contributed by atoms with E-state index in [1.54, 1.807) is 48.5 Å². The summed E-state index contributed by atoms with van der Waals surface area (Å²) in [6.07, 6.45) is -1.31. The number of fused-ring (bicyclic) bond motifs is 2. The van der Waals surface area contributed by atoms with Crippen LogP contribution in [0.15, 0.2) is 86.0 Å². The van der Waals surface area contributed by atoms with Crippen molar-refractivity contribution in [3.63, 3.8) is 0 Å². The summed E-state index contributed by atoms with van der Waals surface area (Å²) in [6, 6.07) is 20.0. The van der Waals surface area contributed by atoms with Gasteiger partial charge in [0.25, 0.3) is 12.9 Å². The first-order valence-electron chi connectivity index (χ1n) is 19.3. The zero-order chi connectivity index (χ0) is 42.4. The summed E-state index contributed by atoms with van der Waals surface area (Å²) in [4.78, 5) is 22.7. The molecule has 0 fully saturated rings. The van der Waals surface area contributed by atoms with Crippen molar-refractivity contribution in [1.82, 2.24) is 0 Å². The molecule has 0 spiro atoms. The van der Waals surface area contributed by atoms with Gasteiger partial charge in [-0.05, 0) is 152 Å². The fourth-order valence-electron chi connectivity index (χ4n) is 8.20. The molecule has 0 atom stereocenters. The maximum absolute atomic E-state index is 14.0. The van der Waals surface area contributed by atoms with E-state index in [2.05, 4.69) is 68.5 Å². The molecule has 310 valence electrons. The van der Waals surface area contributed by atoms with E-state index in [1.165, 1.54) is 19.2 Å². The second kappa shape index (κ2) is 18.1. The summed E-state index contributed by atoms with van der Waals surface area (Å²) in [7, 11) is 1.32. The van der Waals surface area contributed by atoms with Gasteiger partial charge in [-0.3, -0.25) is 0 Å². The normalized spacial score (nSPS) is 16.5. The van der Waals surface area contributed by atoms with Gasteiger partial charge in [-0.1, -0.05) is 92.8 Å². The van der Waals surface area contributed by atoms with Crippen LogP contribution in [0.2, 0.25) is 0 Å². The van der Waals surface area contributed by atoms with E-state index in [0.29, 0.717) is 39.0 Å². The Morgan fingerprint density at radius 1 is 0.559 bits per heavy atom. The van der Waals surface area contributed by atoms with Crippen LogP contribution in [0.5, 0.6) is 0 Å². The van der Waals surface area contributed by atoms with Crippen molar-refractivity contribution in [3.8, 4) is 0 Å². The molecule has 4 aromatic rings. The van der Waals surface area contributed by atoms with Gasteiger partial charge in [0.15, 0.2) is 0 Å². The van der Waals surface area contributed by atoms with Gasteiger partial charge in [0, 0.05) is 11.1 Å². The van der Waals surface area contributed by atoms with E-state index >= 15 is 0 Å². The summed E-state index contributed by atoms with van der Waals surface area (Å²) in [6.45, 7) is 25.3. The quantitative estimate of drug-likeness (QED) is 0.109. The first-order chi connectivity index (χ1) is 26.4. The van der Waals surface area contributed by atoms with Crippen molar-refractivity contribution in [1.29, 1.82) is 0 Å². The Kier molecular flexibility index (Phi) is 15.0. The third kappa shape index (κ3) is 9.97. The number of rotatable bonds is 8. The van der Waals surface area contributed by atoms with Crippen molar-refractivity contribution in [3.05, 3.63) is 153 Å². The van der Waals surface area contributed by atoms with Crippen molar-refractivity contribution in [2.24, 2.45) is 0 Å². The van der Waals surface area contributed by atoms with E-state index in [-0.39, 0.29) is 62.7 Å².